The van der Waals surface area contributed by atoms with E-state index in [4.69, 9.17) is 10.9 Å². The molecule has 0 aliphatic carbocycles. The second-order valence-electron chi connectivity index (χ2n) is 2.99. The molecule has 90 valence electrons. The summed E-state index contributed by atoms with van der Waals surface area (Å²) in [6.07, 6.45) is 0. The Kier molecular flexibility index (Phi) is 4.35. The first-order chi connectivity index (χ1) is 7.49. The summed E-state index contributed by atoms with van der Waals surface area (Å²) < 4.78 is 25.6. The van der Waals surface area contributed by atoms with Crippen molar-refractivity contribution in [1.82, 2.24) is 4.72 Å². The van der Waals surface area contributed by atoms with E-state index in [1.165, 1.54) is 24.3 Å². The van der Waals surface area contributed by atoms with Crippen LogP contribution in [0.1, 0.15) is 0 Å². The van der Waals surface area contributed by atoms with Crippen molar-refractivity contribution >= 4 is 15.7 Å². The molecule has 0 saturated carbocycles. The average Bonchev–Trinajstić information content (AvgIpc) is 2.26. The summed E-state index contributed by atoms with van der Waals surface area (Å²) in [6, 6.07) is 5.40. The van der Waals surface area contributed by atoms with Gasteiger partial charge in [0.25, 0.3) is 0 Å². The molecule has 0 aliphatic rings. The highest BCUT2D eigenvalue weighted by atomic mass is 32.2. The number of para-hydroxylation sites is 1. The molecule has 0 amide bonds. The summed E-state index contributed by atoms with van der Waals surface area (Å²) in [6.45, 7) is 0.213. The van der Waals surface area contributed by atoms with Gasteiger partial charge in [-0.1, -0.05) is 12.1 Å². The molecular formula is C8H13N3O4S. The number of sulfonamides is 1. The maximum Gasteiger partial charge on any atom is 0.246 e. The number of hydrogen-bond donors (Lipinski definition) is 4. The van der Waals surface area contributed by atoms with Gasteiger partial charge in [-0.3, -0.25) is 0 Å². The van der Waals surface area contributed by atoms with E-state index in [9.17, 15) is 13.6 Å². The fourth-order valence-electron chi connectivity index (χ4n) is 1.15. The van der Waals surface area contributed by atoms with Crippen molar-refractivity contribution in [3.8, 4) is 0 Å². The second kappa shape index (κ2) is 5.34. The van der Waals surface area contributed by atoms with E-state index in [1.807, 2.05) is 0 Å². The van der Waals surface area contributed by atoms with Gasteiger partial charge in [-0.15, -0.1) is 0 Å². The Morgan fingerprint density at radius 3 is 2.62 bits per heavy atom. The van der Waals surface area contributed by atoms with Crippen LogP contribution in [0.3, 0.4) is 0 Å². The van der Waals surface area contributed by atoms with Crippen LogP contribution in [-0.4, -0.2) is 26.7 Å². The maximum absolute atomic E-state index is 11.7. The Morgan fingerprint density at radius 2 is 2.06 bits per heavy atom. The number of hydrogen-bond acceptors (Lipinski definition) is 5. The predicted octanol–water partition coefficient (Wildman–Crippen LogP) is -1.67. The zero-order chi connectivity index (χ0) is 12.2. The third-order valence-electron chi connectivity index (χ3n) is 1.84. The van der Waals surface area contributed by atoms with Gasteiger partial charge in [-0.2, -0.15) is 5.23 Å². The molecule has 0 bridgehead atoms. The summed E-state index contributed by atoms with van der Waals surface area (Å²) in [4.78, 5) is -0.254. The molecule has 8 heteroatoms. The number of nitrogens with two attached hydrogens (primary N) is 1. The van der Waals surface area contributed by atoms with Gasteiger partial charge in [0.05, 0.1) is 0 Å². The fourth-order valence-corrected chi connectivity index (χ4v) is 2.39. The van der Waals surface area contributed by atoms with Crippen molar-refractivity contribution in [3.05, 3.63) is 29.5 Å². The zero-order valence-electron chi connectivity index (χ0n) is 8.38. The molecule has 0 aromatic heterocycles. The molecule has 0 heterocycles. The van der Waals surface area contributed by atoms with Crippen LogP contribution in [0, 0.1) is 5.21 Å². The molecular weight excluding hydrogens is 234 g/mol. The third-order valence-corrected chi connectivity index (χ3v) is 3.36. The first kappa shape index (κ1) is 13.0. The Morgan fingerprint density at radius 1 is 1.44 bits per heavy atom. The largest absolute Gasteiger partial charge is 0.595 e. The summed E-state index contributed by atoms with van der Waals surface area (Å²) in [5, 5.41) is 18.4. The Bertz CT molecular complexity index is 446. The van der Waals surface area contributed by atoms with Gasteiger partial charge in [0.1, 0.15) is 4.90 Å². The molecule has 16 heavy (non-hydrogen) atoms. The first-order valence-electron chi connectivity index (χ1n) is 4.51. The number of rotatable bonds is 5. The minimum atomic E-state index is -3.81. The highest BCUT2D eigenvalue weighted by molar-refractivity contribution is 7.89. The lowest BCUT2D eigenvalue weighted by molar-refractivity contribution is -0.992. The van der Waals surface area contributed by atoms with Crippen molar-refractivity contribution in [2.75, 3.05) is 13.1 Å². The van der Waals surface area contributed by atoms with Crippen LogP contribution in [0.15, 0.2) is 29.2 Å². The summed E-state index contributed by atoms with van der Waals surface area (Å²) in [5.74, 6) is 0. The van der Waals surface area contributed by atoms with Crippen LogP contribution in [0.2, 0.25) is 0 Å². The minimum absolute atomic E-state index is 0.0658. The quantitative estimate of drug-likeness (QED) is 0.464. The van der Waals surface area contributed by atoms with Crippen LogP contribution in [0.25, 0.3) is 0 Å². The molecule has 0 saturated heterocycles. The molecule has 1 aromatic rings. The van der Waals surface area contributed by atoms with Crippen molar-refractivity contribution in [1.29, 1.82) is 0 Å². The van der Waals surface area contributed by atoms with Crippen LogP contribution < -0.4 is 15.7 Å². The fraction of sp³-hybridized carbons (Fsp3) is 0.250. The molecule has 0 radical (unpaired) electrons. The lowest BCUT2D eigenvalue weighted by atomic mass is 10.3. The van der Waals surface area contributed by atoms with Crippen LogP contribution in [0.5, 0.6) is 0 Å². The van der Waals surface area contributed by atoms with Crippen molar-refractivity contribution in [3.63, 3.8) is 0 Å². The Hall–Kier alpha value is -1.03. The van der Waals surface area contributed by atoms with E-state index < -0.39 is 15.2 Å². The third kappa shape index (κ3) is 2.98. The van der Waals surface area contributed by atoms with Gasteiger partial charge in [-0.05, 0) is 6.07 Å². The SMILES string of the molecule is NCCNS(=O)(=O)c1ccccc1[NH+]([O-])O. The number of nitrogens with one attached hydrogen (secondary N) is 2. The van der Waals surface area contributed by atoms with Gasteiger partial charge in [-0.25, -0.2) is 18.3 Å². The van der Waals surface area contributed by atoms with Gasteiger partial charge >= 0.3 is 0 Å². The molecule has 0 aliphatic heterocycles. The number of quaternary nitrogens is 1. The first-order valence-corrected chi connectivity index (χ1v) is 5.99. The standard InChI is InChI=1S/C8H13N3O4S/c9-5-6-10-16(14,15)8-4-2-1-3-7(8)11(12)13/h1-4,10-12H,5-6,9H2. The summed E-state index contributed by atoms with van der Waals surface area (Å²) >= 11 is 0. The van der Waals surface area contributed by atoms with Gasteiger partial charge < -0.3 is 10.9 Å². The van der Waals surface area contributed by atoms with Gasteiger partial charge in [0, 0.05) is 19.2 Å². The van der Waals surface area contributed by atoms with E-state index >= 15 is 0 Å². The smallest absolute Gasteiger partial charge is 0.246 e. The highest BCUT2D eigenvalue weighted by Gasteiger charge is 2.21. The van der Waals surface area contributed by atoms with Crippen LogP contribution in [0.4, 0.5) is 5.69 Å². The summed E-state index contributed by atoms with van der Waals surface area (Å²) in [7, 11) is -3.81. The number of benzene rings is 1. The van der Waals surface area contributed by atoms with Gasteiger partial charge in [0.2, 0.25) is 10.0 Å². The maximum atomic E-state index is 11.7. The van der Waals surface area contributed by atoms with E-state index in [0.717, 1.165) is 0 Å². The normalized spacial score (nSPS) is 13.7. The highest BCUT2D eigenvalue weighted by Crippen LogP contribution is 2.16. The van der Waals surface area contributed by atoms with E-state index in [0.29, 0.717) is 0 Å². The predicted molar refractivity (Wildman–Crippen MR) is 56.5 cm³/mol. The molecule has 1 unspecified atom stereocenters. The zero-order valence-corrected chi connectivity index (χ0v) is 9.20. The average molecular weight is 247 g/mol. The molecule has 5 N–H and O–H groups in total. The van der Waals surface area contributed by atoms with Crippen molar-refractivity contribution < 1.29 is 18.9 Å². The summed E-state index contributed by atoms with van der Waals surface area (Å²) in [5.41, 5.74) is 4.91. The lowest BCUT2D eigenvalue weighted by Crippen LogP contribution is -2.99. The Labute approximate surface area is 93.1 Å². The molecule has 1 atom stereocenters. The van der Waals surface area contributed by atoms with Crippen molar-refractivity contribution in [2.24, 2.45) is 5.73 Å². The van der Waals surface area contributed by atoms with Crippen LogP contribution in [-0.2, 0) is 10.0 Å². The molecule has 1 aromatic carbocycles. The van der Waals surface area contributed by atoms with Gasteiger partial charge in [0.15, 0.2) is 5.69 Å². The van der Waals surface area contributed by atoms with Crippen LogP contribution >= 0.6 is 0 Å². The second-order valence-corrected chi connectivity index (χ2v) is 4.72. The Balaban J connectivity index is 3.12. The molecule has 1 rings (SSSR count). The van der Waals surface area contributed by atoms with Crippen molar-refractivity contribution in [2.45, 2.75) is 4.90 Å². The monoisotopic (exact) mass is 247 g/mol. The minimum Gasteiger partial charge on any atom is -0.595 e. The molecule has 7 nitrogen and oxygen atoms in total. The van der Waals surface area contributed by atoms with E-state index in [2.05, 4.69) is 4.72 Å². The lowest BCUT2D eigenvalue weighted by Gasteiger charge is -2.15. The topological polar surface area (TPSA) is 120 Å². The van der Waals surface area contributed by atoms with E-state index in [-0.39, 0.29) is 23.7 Å². The molecule has 0 fully saturated rings. The van der Waals surface area contributed by atoms with E-state index in [1.54, 1.807) is 0 Å². The molecule has 0 spiro atoms.